The Morgan fingerprint density at radius 2 is 1.73 bits per heavy atom. The molecule has 0 radical (unpaired) electrons. The van der Waals surface area contributed by atoms with Crippen LogP contribution in [0.5, 0.6) is 5.75 Å². The molecule has 0 unspecified atom stereocenters. The molecule has 0 aromatic heterocycles. The van der Waals surface area contributed by atoms with E-state index in [-0.39, 0.29) is 17.9 Å². The minimum absolute atomic E-state index is 0.00932. The first-order valence-corrected chi connectivity index (χ1v) is 10.7. The number of unbranched alkanes of at least 4 members (excludes halogenated alkanes) is 1. The average Bonchev–Trinajstić information content (AvgIpc) is 2.76. The lowest BCUT2D eigenvalue weighted by Gasteiger charge is -2.31. The van der Waals surface area contributed by atoms with Gasteiger partial charge in [0.25, 0.3) is 5.91 Å². The number of nitrogens with zero attached hydrogens (tertiary/aromatic N) is 1. The van der Waals surface area contributed by atoms with Gasteiger partial charge in [-0.3, -0.25) is 14.5 Å². The molecule has 1 aliphatic rings. The zero-order valence-electron chi connectivity index (χ0n) is 17.6. The molecule has 1 fully saturated rings. The largest absolute Gasteiger partial charge is 0.494 e. The third-order valence-corrected chi connectivity index (χ3v) is 5.23. The van der Waals surface area contributed by atoms with Gasteiger partial charge in [-0.2, -0.15) is 0 Å². The van der Waals surface area contributed by atoms with E-state index in [2.05, 4.69) is 22.5 Å². The molecule has 0 spiro atoms. The first-order chi connectivity index (χ1) is 14.6. The predicted molar refractivity (Wildman–Crippen MR) is 119 cm³/mol. The molecule has 2 N–H and O–H groups in total. The van der Waals surface area contributed by atoms with Crippen molar-refractivity contribution < 1.29 is 14.3 Å². The lowest BCUT2D eigenvalue weighted by Crippen LogP contribution is -2.46. The molecule has 2 aromatic carbocycles. The van der Waals surface area contributed by atoms with Gasteiger partial charge in [-0.25, -0.2) is 0 Å². The normalized spacial score (nSPS) is 14.8. The van der Waals surface area contributed by atoms with Crippen molar-refractivity contribution in [3.05, 3.63) is 60.2 Å². The zero-order valence-corrected chi connectivity index (χ0v) is 17.6. The third-order valence-electron chi connectivity index (χ3n) is 5.23. The first-order valence-electron chi connectivity index (χ1n) is 10.7. The maximum Gasteiger partial charge on any atom is 0.251 e. The van der Waals surface area contributed by atoms with Crippen LogP contribution in [0.2, 0.25) is 0 Å². The number of carbonyl (C=O) groups is 2. The minimum atomic E-state index is -0.0598. The van der Waals surface area contributed by atoms with E-state index in [1.54, 1.807) is 12.1 Å². The van der Waals surface area contributed by atoms with E-state index in [1.807, 2.05) is 42.5 Å². The SMILES string of the molecule is CCCCOc1ccc(C(=O)NC2CCN(CC(=O)Nc3ccccc3)CC2)cc1. The number of ether oxygens (including phenoxy) is 1. The lowest BCUT2D eigenvalue weighted by atomic mass is 10.0. The molecule has 0 atom stereocenters. The van der Waals surface area contributed by atoms with E-state index in [4.69, 9.17) is 4.74 Å². The summed E-state index contributed by atoms with van der Waals surface area (Å²) in [6.07, 6.45) is 3.79. The predicted octanol–water partition coefficient (Wildman–Crippen LogP) is 3.70. The highest BCUT2D eigenvalue weighted by atomic mass is 16.5. The second kappa shape index (κ2) is 11.4. The molecule has 6 nitrogen and oxygen atoms in total. The summed E-state index contributed by atoms with van der Waals surface area (Å²) in [5, 5.41) is 6.03. The van der Waals surface area contributed by atoms with Crippen LogP contribution in [0.1, 0.15) is 43.0 Å². The van der Waals surface area contributed by atoms with Crippen LogP contribution < -0.4 is 15.4 Å². The molecule has 1 aliphatic heterocycles. The Morgan fingerprint density at radius 1 is 1.03 bits per heavy atom. The number of likely N-dealkylation sites (tertiary alicyclic amines) is 1. The van der Waals surface area contributed by atoms with Crippen molar-refractivity contribution in [3.63, 3.8) is 0 Å². The molecule has 1 saturated heterocycles. The van der Waals surface area contributed by atoms with Crippen molar-refractivity contribution in [3.8, 4) is 5.75 Å². The summed E-state index contributed by atoms with van der Waals surface area (Å²) in [5.41, 5.74) is 1.45. The highest BCUT2D eigenvalue weighted by Crippen LogP contribution is 2.15. The minimum Gasteiger partial charge on any atom is -0.494 e. The maximum absolute atomic E-state index is 12.5. The van der Waals surface area contributed by atoms with E-state index in [0.717, 1.165) is 50.2 Å². The highest BCUT2D eigenvalue weighted by molar-refractivity contribution is 5.94. The zero-order chi connectivity index (χ0) is 21.2. The Hall–Kier alpha value is -2.86. The number of hydrogen-bond donors (Lipinski definition) is 2. The fraction of sp³-hybridized carbons (Fsp3) is 0.417. The van der Waals surface area contributed by atoms with Gasteiger partial charge in [0, 0.05) is 30.4 Å². The van der Waals surface area contributed by atoms with Gasteiger partial charge in [-0.15, -0.1) is 0 Å². The van der Waals surface area contributed by atoms with Crippen LogP contribution in [0.3, 0.4) is 0 Å². The van der Waals surface area contributed by atoms with Crippen LogP contribution in [-0.4, -0.2) is 49.0 Å². The second-order valence-electron chi connectivity index (χ2n) is 7.66. The van der Waals surface area contributed by atoms with Gasteiger partial charge in [0.15, 0.2) is 0 Å². The summed E-state index contributed by atoms with van der Waals surface area (Å²) in [7, 11) is 0. The van der Waals surface area contributed by atoms with Crippen LogP contribution in [0.15, 0.2) is 54.6 Å². The number of amides is 2. The Kier molecular flexibility index (Phi) is 8.27. The van der Waals surface area contributed by atoms with Gasteiger partial charge < -0.3 is 15.4 Å². The fourth-order valence-corrected chi connectivity index (χ4v) is 3.47. The summed E-state index contributed by atoms with van der Waals surface area (Å²) in [5.74, 6) is 0.724. The maximum atomic E-state index is 12.5. The molecule has 0 bridgehead atoms. The summed E-state index contributed by atoms with van der Waals surface area (Å²) in [6.45, 7) is 4.77. The number of nitrogens with one attached hydrogen (secondary N) is 2. The van der Waals surface area contributed by atoms with Crippen LogP contribution in [0.25, 0.3) is 0 Å². The molecular weight excluding hydrogens is 378 g/mol. The van der Waals surface area contributed by atoms with E-state index in [0.29, 0.717) is 18.7 Å². The van der Waals surface area contributed by atoms with E-state index in [9.17, 15) is 9.59 Å². The van der Waals surface area contributed by atoms with Gasteiger partial charge in [-0.1, -0.05) is 31.5 Å². The number of para-hydroxylation sites is 1. The van der Waals surface area contributed by atoms with Gasteiger partial charge in [0.05, 0.1) is 13.2 Å². The Bertz CT molecular complexity index is 800. The van der Waals surface area contributed by atoms with E-state index < -0.39 is 0 Å². The van der Waals surface area contributed by atoms with Crippen LogP contribution in [0, 0.1) is 0 Å². The van der Waals surface area contributed by atoms with Crippen molar-refractivity contribution >= 4 is 17.5 Å². The van der Waals surface area contributed by atoms with Crippen LogP contribution in [0.4, 0.5) is 5.69 Å². The molecule has 160 valence electrons. The number of anilines is 1. The van der Waals surface area contributed by atoms with Crippen molar-refractivity contribution in [1.29, 1.82) is 0 Å². The van der Waals surface area contributed by atoms with E-state index >= 15 is 0 Å². The smallest absolute Gasteiger partial charge is 0.251 e. The lowest BCUT2D eigenvalue weighted by molar-refractivity contribution is -0.117. The number of piperidine rings is 1. The van der Waals surface area contributed by atoms with Crippen molar-refractivity contribution in [2.45, 2.75) is 38.6 Å². The van der Waals surface area contributed by atoms with Crippen molar-refractivity contribution in [1.82, 2.24) is 10.2 Å². The summed E-state index contributed by atoms with van der Waals surface area (Å²) in [6, 6.07) is 16.9. The molecule has 1 heterocycles. The average molecular weight is 410 g/mol. The van der Waals surface area contributed by atoms with Crippen molar-refractivity contribution in [2.24, 2.45) is 0 Å². The van der Waals surface area contributed by atoms with Gasteiger partial charge in [0.1, 0.15) is 5.75 Å². The summed E-state index contributed by atoms with van der Waals surface area (Å²) < 4.78 is 5.64. The van der Waals surface area contributed by atoms with Gasteiger partial charge >= 0.3 is 0 Å². The Morgan fingerprint density at radius 3 is 2.40 bits per heavy atom. The standard InChI is InChI=1S/C24H31N3O3/c1-2-3-17-30-22-11-9-19(10-12-22)24(29)26-21-13-15-27(16-14-21)18-23(28)25-20-7-5-4-6-8-20/h4-12,21H,2-3,13-18H2,1H3,(H,25,28)(H,26,29). The first kappa shape index (κ1) is 21.8. The van der Waals surface area contributed by atoms with Gasteiger partial charge in [0.2, 0.25) is 5.91 Å². The summed E-state index contributed by atoms with van der Waals surface area (Å²) in [4.78, 5) is 26.8. The molecule has 2 aromatic rings. The molecule has 0 aliphatic carbocycles. The highest BCUT2D eigenvalue weighted by Gasteiger charge is 2.22. The van der Waals surface area contributed by atoms with E-state index in [1.165, 1.54) is 0 Å². The van der Waals surface area contributed by atoms with Crippen LogP contribution >= 0.6 is 0 Å². The number of carbonyl (C=O) groups excluding carboxylic acids is 2. The quantitative estimate of drug-likeness (QED) is 0.620. The molecule has 0 saturated carbocycles. The molecule has 2 amide bonds. The molecule has 30 heavy (non-hydrogen) atoms. The second-order valence-corrected chi connectivity index (χ2v) is 7.66. The number of rotatable bonds is 9. The van der Waals surface area contributed by atoms with Crippen LogP contribution in [-0.2, 0) is 4.79 Å². The number of hydrogen-bond acceptors (Lipinski definition) is 4. The number of benzene rings is 2. The van der Waals surface area contributed by atoms with Gasteiger partial charge in [-0.05, 0) is 55.7 Å². The summed E-state index contributed by atoms with van der Waals surface area (Å²) >= 11 is 0. The Labute approximate surface area is 178 Å². The van der Waals surface area contributed by atoms with Crippen molar-refractivity contribution in [2.75, 3.05) is 31.6 Å². The molecule has 6 heteroatoms. The third kappa shape index (κ3) is 6.88. The molecule has 3 rings (SSSR count). The Balaban J connectivity index is 1.38. The fourth-order valence-electron chi connectivity index (χ4n) is 3.47. The monoisotopic (exact) mass is 409 g/mol. The molecular formula is C24H31N3O3. The topological polar surface area (TPSA) is 70.7 Å².